The number of nitrogens with one attached hydrogen (secondary N) is 1. The Hall–Kier alpha value is -1.51. The molecule has 1 aromatic carbocycles. The van der Waals surface area contributed by atoms with Gasteiger partial charge in [-0.2, -0.15) is 0 Å². The van der Waals surface area contributed by atoms with E-state index in [2.05, 4.69) is 29.6 Å². The van der Waals surface area contributed by atoms with Gasteiger partial charge in [0.05, 0.1) is 0 Å². The highest BCUT2D eigenvalue weighted by atomic mass is 16.2. The number of benzene rings is 1. The normalized spacial score (nSPS) is 19.9. The molecule has 1 N–H and O–H groups in total. The summed E-state index contributed by atoms with van der Waals surface area (Å²) in [6.07, 6.45) is 1.06. The molecule has 1 atom stereocenters. The summed E-state index contributed by atoms with van der Waals surface area (Å²) < 4.78 is 0. The number of urea groups is 1. The molecule has 1 saturated heterocycles. The van der Waals surface area contributed by atoms with Gasteiger partial charge in [-0.05, 0) is 32.8 Å². The Bertz CT molecular complexity index is 408. The summed E-state index contributed by atoms with van der Waals surface area (Å²) in [6.45, 7) is 7.70. The highest BCUT2D eigenvalue weighted by molar-refractivity contribution is 5.75. The van der Waals surface area contributed by atoms with Crippen molar-refractivity contribution in [1.82, 2.24) is 10.2 Å². The fourth-order valence-electron chi connectivity index (χ4n) is 2.34. The van der Waals surface area contributed by atoms with Crippen LogP contribution >= 0.6 is 0 Å². The topological polar surface area (TPSA) is 32.3 Å². The van der Waals surface area contributed by atoms with Crippen LogP contribution in [0.5, 0.6) is 0 Å². The van der Waals surface area contributed by atoms with Gasteiger partial charge in [-0.25, -0.2) is 4.79 Å². The van der Waals surface area contributed by atoms with Gasteiger partial charge in [-0.1, -0.05) is 30.3 Å². The van der Waals surface area contributed by atoms with E-state index in [1.54, 1.807) is 0 Å². The Morgan fingerprint density at radius 3 is 2.56 bits per heavy atom. The van der Waals surface area contributed by atoms with Gasteiger partial charge in [0.15, 0.2) is 0 Å². The Morgan fingerprint density at radius 2 is 1.94 bits per heavy atom. The average molecular weight is 246 g/mol. The lowest BCUT2D eigenvalue weighted by Crippen LogP contribution is -2.47. The van der Waals surface area contributed by atoms with Gasteiger partial charge >= 0.3 is 6.03 Å². The van der Waals surface area contributed by atoms with Gasteiger partial charge < -0.3 is 10.2 Å². The summed E-state index contributed by atoms with van der Waals surface area (Å²) in [6, 6.07) is 10.5. The van der Waals surface area contributed by atoms with Crippen LogP contribution < -0.4 is 5.32 Å². The average Bonchev–Trinajstić information content (AvgIpc) is 2.77. The van der Waals surface area contributed by atoms with Crippen molar-refractivity contribution in [1.29, 1.82) is 0 Å². The molecule has 3 heteroatoms. The highest BCUT2D eigenvalue weighted by Crippen LogP contribution is 2.26. The largest absolute Gasteiger partial charge is 0.333 e. The van der Waals surface area contributed by atoms with Gasteiger partial charge in [0.2, 0.25) is 0 Å². The molecule has 18 heavy (non-hydrogen) atoms. The number of carbonyl (C=O) groups is 1. The number of likely N-dealkylation sites (tertiary alicyclic amines) is 1. The van der Waals surface area contributed by atoms with E-state index in [0.717, 1.165) is 19.5 Å². The first-order chi connectivity index (χ1) is 8.46. The SMILES string of the molecule is CC(C)(C)NC(=O)N1CC[C@H](c2ccccc2)C1. The molecule has 0 spiro atoms. The van der Waals surface area contributed by atoms with Crippen LogP contribution in [0.25, 0.3) is 0 Å². The molecule has 1 heterocycles. The smallest absolute Gasteiger partial charge is 0.317 e. The Labute approximate surface area is 109 Å². The molecule has 1 aliphatic heterocycles. The molecule has 1 aliphatic rings. The molecule has 0 unspecified atom stereocenters. The molecule has 0 aromatic heterocycles. The molecule has 2 amide bonds. The number of rotatable bonds is 1. The second kappa shape index (κ2) is 5.01. The van der Waals surface area contributed by atoms with E-state index in [-0.39, 0.29) is 11.6 Å². The first kappa shape index (κ1) is 12.9. The number of carbonyl (C=O) groups excluding carboxylic acids is 1. The summed E-state index contributed by atoms with van der Waals surface area (Å²) in [5.41, 5.74) is 1.17. The van der Waals surface area contributed by atoms with E-state index in [1.165, 1.54) is 5.56 Å². The van der Waals surface area contributed by atoms with Crippen molar-refractivity contribution in [2.75, 3.05) is 13.1 Å². The third kappa shape index (κ3) is 3.25. The molecule has 98 valence electrons. The van der Waals surface area contributed by atoms with Crippen molar-refractivity contribution in [3.05, 3.63) is 35.9 Å². The molecular weight excluding hydrogens is 224 g/mol. The molecule has 2 rings (SSSR count). The zero-order valence-corrected chi connectivity index (χ0v) is 11.4. The monoisotopic (exact) mass is 246 g/mol. The second-order valence-corrected chi connectivity index (χ2v) is 6.02. The third-order valence-corrected chi connectivity index (χ3v) is 3.23. The van der Waals surface area contributed by atoms with Crippen LogP contribution in [0, 0.1) is 0 Å². The molecule has 3 nitrogen and oxygen atoms in total. The zero-order chi connectivity index (χ0) is 13.2. The zero-order valence-electron chi connectivity index (χ0n) is 11.4. The van der Waals surface area contributed by atoms with E-state index in [9.17, 15) is 4.79 Å². The van der Waals surface area contributed by atoms with Gasteiger partial charge in [0.1, 0.15) is 0 Å². The molecule has 0 saturated carbocycles. The lowest BCUT2D eigenvalue weighted by molar-refractivity contribution is 0.199. The van der Waals surface area contributed by atoms with E-state index < -0.39 is 0 Å². The number of hydrogen-bond acceptors (Lipinski definition) is 1. The predicted molar refractivity (Wildman–Crippen MR) is 73.7 cm³/mol. The minimum Gasteiger partial charge on any atom is -0.333 e. The summed E-state index contributed by atoms with van der Waals surface area (Å²) in [7, 11) is 0. The molecule has 1 fully saturated rings. The summed E-state index contributed by atoms with van der Waals surface area (Å²) in [5, 5.41) is 3.02. The maximum absolute atomic E-state index is 12.1. The van der Waals surface area contributed by atoms with E-state index in [0.29, 0.717) is 5.92 Å². The molecule has 0 bridgehead atoms. The molecular formula is C15H22N2O. The Morgan fingerprint density at radius 1 is 1.28 bits per heavy atom. The summed E-state index contributed by atoms with van der Waals surface area (Å²) in [5.74, 6) is 0.483. The van der Waals surface area contributed by atoms with E-state index >= 15 is 0 Å². The number of hydrogen-bond donors (Lipinski definition) is 1. The lowest BCUT2D eigenvalue weighted by atomic mass is 9.99. The summed E-state index contributed by atoms with van der Waals surface area (Å²) in [4.78, 5) is 14.0. The molecule has 0 aliphatic carbocycles. The van der Waals surface area contributed by atoms with Crippen LogP contribution in [-0.4, -0.2) is 29.6 Å². The van der Waals surface area contributed by atoms with Crippen molar-refractivity contribution < 1.29 is 4.79 Å². The molecule has 0 radical (unpaired) electrons. The first-order valence-corrected chi connectivity index (χ1v) is 6.58. The van der Waals surface area contributed by atoms with Gasteiger partial charge in [-0.15, -0.1) is 0 Å². The van der Waals surface area contributed by atoms with Crippen LogP contribution in [0.4, 0.5) is 4.79 Å². The minimum absolute atomic E-state index is 0.0564. The maximum atomic E-state index is 12.1. The first-order valence-electron chi connectivity index (χ1n) is 6.58. The molecule has 1 aromatic rings. The third-order valence-electron chi connectivity index (χ3n) is 3.23. The second-order valence-electron chi connectivity index (χ2n) is 6.02. The Kier molecular flexibility index (Phi) is 3.60. The lowest BCUT2D eigenvalue weighted by Gasteiger charge is -2.25. The summed E-state index contributed by atoms with van der Waals surface area (Å²) >= 11 is 0. The quantitative estimate of drug-likeness (QED) is 0.811. The highest BCUT2D eigenvalue weighted by Gasteiger charge is 2.28. The van der Waals surface area contributed by atoms with Crippen molar-refractivity contribution in [2.24, 2.45) is 0 Å². The van der Waals surface area contributed by atoms with Crippen LogP contribution in [0.1, 0.15) is 38.7 Å². The van der Waals surface area contributed by atoms with Crippen LogP contribution in [0.2, 0.25) is 0 Å². The minimum atomic E-state index is -0.165. The Balaban J connectivity index is 1.95. The van der Waals surface area contributed by atoms with Gasteiger partial charge in [0, 0.05) is 24.5 Å². The fourth-order valence-corrected chi connectivity index (χ4v) is 2.34. The predicted octanol–water partition coefficient (Wildman–Crippen LogP) is 2.98. The van der Waals surface area contributed by atoms with Crippen LogP contribution in [0.15, 0.2) is 30.3 Å². The van der Waals surface area contributed by atoms with Crippen molar-refractivity contribution in [3.63, 3.8) is 0 Å². The maximum Gasteiger partial charge on any atom is 0.317 e. The number of amides is 2. The van der Waals surface area contributed by atoms with Crippen molar-refractivity contribution in [2.45, 2.75) is 38.6 Å². The van der Waals surface area contributed by atoms with E-state index in [1.807, 2.05) is 31.7 Å². The number of nitrogens with zero attached hydrogens (tertiary/aromatic N) is 1. The fraction of sp³-hybridized carbons (Fsp3) is 0.533. The standard InChI is InChI=1S/C15H22N2O/c1-15(2,3)16-14(18)17-10-9-13(11-17)12-7-5-4-6-8-12/h4-8,13H,9-11H2,1-3H3,(H,16,18)/t13-/m0/s1. The van der Waals surface area contributed by atoms with Crippen molar-refractivity contribution in [3.8, 4) is 0 Å². The van der Waals surface area contributed by atoms with Gasteiger partial charge in [0.25, 0.3) is 0 Å². The van der Waals surface area contributed by atoms with Crippen molar-refractivity contribution >= 4 is 6.03 Å². The van der Waals surface area contributed by atoms with Gasteiger partial charge in [-0.3, -0.25) is 0 Å². The van der Waals surface area contributed by atoms with Crippen LogP contribution in [0.3, 0.4) is 0 Å². The van der Waals surface area contributed by atoms with E-state index in [4.69, 9.17) is 0 Å². The van der Waals surface area contributed by atoms with Crippen LogP contribution in [-0.2, 0) is 0 Å².